The van der Waals surface area contributed by atoms with Gasteiger partial charge in [0.15, 0.2) is 0 Å². The Morgan fingerprint density at radius 2 is 2.07 bits per heavy atom. The number of likely N-dealkylation sites (N-methyl/N-ethyl adjacent to an activating group) is 1. The first-order valence-electron chi connectivity index (χ1n) is 5.26. The van der Waals surface area contributed by atoms with Gasteiger partial charge >= 0.3 is 0 Å². The zero-order valence-electron chi connectivity index (χ0n) is 9.82. The van der Waals surface area contributed by atoms with E-state index in [1.165, 1.54) is 0 Å². The van der Waals surface area contributed by atoms with Gasteiger partial charge in [0.2, 0.25) is 5.88 Å². The van der Waals surface area contributed by atoms with Crippen molar-refractivity contribution in [3.8, 4) is 5.88 Å². The van der Waals surface area contributed by atoms with Gasteiger partial charge < -0.3 is 10.1 Å². The number of ether oxygens (including phenoxy) is 1. The maximum absolute atomic E-state index is 5.48. The van der Waals surface area contributed by atoms with Gasteiger partial charge in [-0.15, -0.1) is 0 Å². The molecule has 1 unspecified atom stereocenters. The second-order valence-electron chi connectivity index (χ2n) is 3.91. The maximum atomic E-state index is 5.48. The van der Waals surface area contributed by atoms with Crippen molar-refractivity contribution in [2.24, 2.45) is 0 Å². The summed E-state index contributed by atoms with van der Waals surface area (Å²) in [6.45, 7) is 6.06. The van der Waals surface area contributed by atoms with E-state index in [2.05, 4.69) is 22.2 Å². The molecule has 0 aliphatic heterocycles. The lowest BCUT2D eigenvalue weighted by atomic mass is 10.2. The zero-order chi connectivity index (χ0) is 11.3. The minimum absolute atomic E-state index is 0.135. The molecule has 0 radical (unpaired) electrons. The van der Waals surface area contributed by atoms with Crippen molar-refractivity contribution in [2.45, 2.75) is 39.3 Å². The van der Waals surface area contributed by atoms with Crippen molar-refractivity contribution in [3.63, 3.8) is 0 Å². The minimum atomic E-state index is 0.135. The Kier molecular flexibility index (Phi) is 4.49. The quantitative estimate of drug-likeness (QED) is 0.796. The lowest BCUT2D eigenvalue weighted by Crippen LogP contribution is -2.24. The third-order valence-corrected chi connectivity index (χ3v) is 2.03. The molecule has 1 aromatic heterocycles. The number of rotatable bonds is 5. The van der Waals surface area contributed by atoms with Crippen LogP contribution in [0.4, 0.5) is 0 Å². The Hall–Kier alpha value is -1.16. The van der Waals surface area contributed by atoms with E-state index >= 15 is 0 Å². The lowest BCUT2D eigenvalue weighted by Gasteiger charge is -2.11. The smallest absolute Gasteiger partial charge is 0.232 e. The first-order chi connectivity index (χ1) is 7.11. The molecule has 0 aromatic carbocycles. The molecule has 0 saturated carbocycles. The predicted molar refractivity (Wildman–Crippen MR) is 60.0 cm³/mol. The minimum Gasteiger partial charge on any atom is -0.474 e. The molecule has 1 N–H and O–H groups in total. The van der Waals surface area contributed by atoms with E-state index in [0.717, 1.165) is 12.1 Å². The molecule has 0 bridgehead atoms. The molecule has 4 nitrogen and oxygen atoms in total. The highest BCUT2D eigenvalue weighted by molar-refractivity contribution is 5.09. The Balaban J connectivity index is 2.65. The average Bonchev–Trinajstić information content (AvgIpc) is 2.17. The fourth-order valence-electron chi connectivity index (χ4n) is 1.20. The summed E-state index contributed by atoms with van der Waals surface area (Å²) >= 11 is 0. The Morgan fingerprint density at radius 1 is 1.33 bits per heavy atom. The third-order valence-electron chi connectivity index (χ3n) is 2.03. The topological polar surface area (TPSA) is 47.0 Å². The summed E-state index contributed by atoms with van der Waals surface area (Å²) in [6, 6.07) is 0.397. The fraction of sp³-hybridized carbons (Fsp3) is 0.636. The van der Waals surface area contributed by atoms with E-state index in [0.29, 0.717) is 11.9 Å². The highest BCUT2D eigenvalue weighted by atomic mass is 16.5. The molecule has 15 heavy (non-hydrogen) atoms. The van der Waals surface area contributed by atoms with Crippen LogP contribution in [-0.2, 0) is 6.42 Å². The Morgan fingerprint density at radius 3 is 2.67 bits per heavy atom. The van der Waals surface area contributed by atoms with Gasteiger partial charge in [-0.2, -0.15) is 0 Å². The van der Waals surface area contributed by atoms with Crippen LogP contribution in [0.1, 0.15) is 26.5 Å². The van der Waals surface area contributed by atoms with Crippen molar-refractivity contribution < 1.29 is 4.74 Å². The molecule has 1 heterocycles. The highest BCUT2D eigenvalue weighted by Gasteiger charge is 2.05. The highest BCUT2D eigenvalue weighted by Crippen LogP contribution is 2.08. The van der Waals surface area contributed by atoms with Gasteiger partial charge in [-0.1, -0.05) is 0 Å². The number of hydrogen-bond acceptors (Lipinski definition) is 4. The first kappa shape index (κ1) is 11.9. The Labute approximate surface area is 91.1 Å². The number of aromatic nitrogens is 2. The van der Waals surface area contributed by atoms with Crippen molar-refractivity contribution >= 4 is 0 Å². The van der Waals surface area contributed by atoms with E-state index in [1.807, 2.05) is 20.9 Å². The summed E-state index contributed by atoms with van der Waals surface area (Å²) in [7, 11) is 1.94. The van der Waals surface area contributed by atoms with E-state index in [1.54, 1.807) is 12.4 Å². The van der Waals surface area contributed by atoms with E-state index in [4.69, 9.17) is 4.74 Å². The lowest BCUT2D eigenvalue weighted by molar-refractivity contribution is 0.231. The molecule has 84 valence electrons. The van der Waals surface area contributed by atoms with Crippen molar-refractivity contribution in [1.82, 2.24) is 15.3 Å². The van der Waals surface area contributed by atoms with Gasteiger partial charge in [0.05, 0.1) is 18.0 Å². The molecule has 0 fully saturated rings. The molecule has 1 rings (SSSR count). The van der Waals surface area contributed by atoms with Gasteiger partial charge in [-0.25, -0.2) is 4.98 Å². The number of nitrogens with one attached hydrogen (secondary N) is 1. The molecule has 1 aromatic rings. The summed E-state index contributed by atoms with van der Waals surface area (Å²) in [5, 5.41) is 3.17. The molecule has 0 aliphatic carbocycles. The summed E-state index contributed by atoms with van der Waals surface area (Å²) < 4.78 is 5.48. The van der Waals surface area contributed by atoms with Crippen LogP contribution >= 0.6 is 0 Å². The Bertz CT molecular complexity index is 302. The SMILES string of the molecule is CNC(C)Cc1cncc(OC(C)C)n1. The van der Waals surface area contributed by atoms with Gasteiger partial charge in [0.1, 0.15) is 0 Å². The second-order valence-corrected chi connectivity index (χ2v) is 3.91. The second kappa shape index (κ2) is 5.66. The maximum Gasteiger partial charge on any atom is 0.232 e. The van der Waals surface area contributed by atoms with Crippen LogP contribution in [0, 0.1) is 0 Å². The molecular weight excluding hydrogens is 190 g/mol. The summed E-state index contributed by atoms with van der Waals surface area (Å²) in [4.78, 5) is 8.49. The van der Waals surface area contributed by atoms with Gasteiger partial charge in [0.25, 0.3) is 0 Å². The molecule has 0 spiro atoms. The van der Waals surface area contributed by atoms with Crippen LogP contribution in [0.5, 0.6) is 5.88 Å². The molecule has 0 saturated heterocycles. The largest absolute Gasteiger partial charge is 0.474 e. The van der Waals surface area contributed by atoms with Crippen LogP contribution in [0.3, 0.4) is 0 Å². The van der Waals surface area contributed by atoms with Crippen LogP contribution in [0.2, 0.25) is 0 Å². The van der Waals surface area contributed by atoms with Crippen LogP contribution in [0.15, 0.2) is 12.4 Å². The number of nitrogens with zero attached hydrogens (tertiary/aromatic N) is 2. The zero-order valence-corrected chi connectivity index (χ0v) is 9.82. The summed E-state index contributed by atoms with van der Waals surface area (Å²) in [5.74, 6) is 0.603. The van der Waals surface area contributed by atoms with Crippen molar-refractivity contribution in [1.29, 1.82) is 0 Å². The van der Waals surface area contributed by atoms with Crippen LogP contribution in [0.25, 0.3) is 0 Å². The monoisotopic (exact) mass is 209 g/mol. The standard InChI is InChI=1S/C11H19N3O/c1-8(2)15-11-7-13-6-10(14-11)5-9(3)12-4/h6-9,12H,5H2,1-4H3. The third kappa shape index (κ3) is 4.25. The van der Waals surface area contributed by atoms with E-state index < -0.39 is 0 Å². The molecule has 0 aliphatic rings. The molecule has 4 heteroatoms. The summed E-state index contributed by atoms with van der Waals surface area (Å²) in [6.07, 6.45) is 4.42. The van der Waals surface area contributed by atoms with E-state index in [9.17, 15) is 0 Å². The van der Waals surface area contributed by atoms with Gasteiger partial charge in [0, 0.05) is 18.7 Å². The van der Waals surface area contributed by atoms with Gasteiger partial charge in [-0.3, -0.25) is 4.98 Å². The molecular formula is C11H19N3O. The van der Waals surface area contributed by atoms with Gasteiger partial charge in [-0.05, 0) is 27.8 Å². The number of hydrogen-bond donors (Lipinski definition) is 1. The van der Waals surface area contributed by atoms with Crippen LogP contribution in [-0.4, -0.2) is 29.2 Å². The first-order valence-corrected chi connectivity index (χ1v) is 5.26. The molecule has 0 amide bonds. The average molecular weight is 209 g/mol. The van der Waals surface area contributed by atoms with Crippen molar-refractivity contribution in [3.05, 3.63) is 18.1 Å². The van der Waals surface area contributed by atoms with Crippen LogP contribution < -0.4 is 10.1 Å². The predicted octanol–water partition coefficient (Wildman–Crippen LogP) is 1.41. The van der Waals surface area contributed by atoms with E-state index in [-0.39, 0.29) is 6.10 Å². The van der Waals surface area contributed by atoms with Crippen molar-refractivity contribution in [2.75, 3.05) is 7.05 Å². The molecule has 1 atom stereocenters. The fourth-order valence-corrected chi connectivity index (χ4v) is 1.20. The normalized spacial score (nSPS) is 12.9. The summed E-state index contributed by atoms with van der Waals surface area (Å²) in [5.41, 5.74) is 0.954.